The highest BCUT2D eigenvalue weighted by atomic mass is 32.1. The van der Waals surface area contributed by atoms with E-state index in [1.165, 1.54) is 10.9 Å². The van der Waals surface area contributed by atoms with Crippen LogP contribution in [0, 0.1) is 0 Å². The number of fused-ring (bicyclic) bond motifs is 1. The first-order chi connectivity index (χ1) is 10.3. The van der Waals surface area contributed by atoms with Crippen molar-refractivity contribution < 1.29 is 4.57 Å². The number of hydrogen-bond donors (Lipinski definition) is 1. The molecule has 0 bridgehead atoms. The fraction of sp³-hybridized carbons (Fsp3) is 0.267. The zero-order valence-corrected chi connectivity index (χ0v) is 12.6. The average molecular weight is 298 g/mol. The lowest BCUT2D eigenvalue weighted by Crippen LogP contribution is -2.26. The quantitative estimate of drug-likeness (QED) is 0.741. The molecule has 1 N–H and O–H groups in total. The second kappa shape index (κ2) is 4.96. The standard InChI is InChI=1S/C15H16N5S/c1-19-6-2-11-3-7-20(13(11)8-19)9-14-18-12(10-21-14)15-16-4-5-17-15/h2-3,6-8,10H,4-5,9H2,1H3,(H,16,17)/q+1. The Morgan fingerprint density at radius 1 is 1.43 bits per heavy atom. The fourth-order valence-corrected chi connectivity index (χ4v) is 3.35. The molecule has 6 heteroatoms. The molecule has 0 amide bonds. The molecule has 1 aliphatic heterocycles. The van der Waals surface area contributed by atoms with Crippen LogP contribution in [0.1, 0.15) is 10.7 Å². The molecule has 0 fully saturated rings. The van der Waals surface area contributed by atoms with Gasteiger partial charge in [0.15, 0.2) is 12.4 Å². The molecule has 0 radical (unpaired) electrons. The van der Waals surface area contributed by atoms with Crippen molar-refractivity contribution in [1.29, 1.82) is 0 Å². The summed E-state index contributed by atoms with van der Waals surface area (Å²) in [6, 6.07) is 4.28. The molecular weight excluding hydrogens is 282 g/mol. The van der Waals surface area contributed by atoms with Crippen molar-refractivity contribution in [2.45, 2.75) is 6.54 Å². The van der Waals surface area contributed by atoms with Crippen molar-refractivity contribution in [3.63, 3.8) is 0 Å². The van der Waals surface area contributed by atoms with E-state index < -0.39 is 0 Å². The highest BCUT2D eigenvalue weighted by Gasteiger charge is 2.13. The van der Waals surface area contributed by atoms with Crippen LogP contribution in [0.3, 0.4) is 0 Å². The topological polar surface area (TPSA) is 46.1 Å². The van der Waals surface area contributed by atoms with Crippen LogP contribution in [-0.4, -0.2) is 28.5 Å². The molecule has 3 aromatic heterocycles. The number of aromatic nitrogens is 3. The monoisotopic (exact) mass is 298 g/mol. The minimum atomic E-state index is 0.797. The van der Waals surface area contributed by atoms with E-state index in [0.717, 1.165) is 36.2 Å². The zero-order chi connectivity index (χ0) is 14.2. The third-order valence-electron chi connectivity index (χ3n) is 3.63. The van der Waals surface area contributed by atoms with Gasteiger partial charge in [-0.05, 0) is 6.07 Å². The number of amidine groups is 1. The highest BCUT2D eigenvalue weighted by Crippen LogP contribution is 2.18. The second-order valence-corrected chi connectivity index (χ2v) is 6.12. The van der Waals surface area contributed by atoms with Gasteiger partial charge in [-0.1, -0.05) is 0 Å². The summed E-state index contributed by atoms with van der Waals surface area (Å²) in [5.41, 5.74) is 2.20. The van der Waals surface area contributed by atoms with Crippen LogP contribution in [0.15, 0.2) is 41.1 Å². The molecule has 0 atom stereocenters. The van der Waals surface area contributed by atoms with Gasteiger partial charge >= 0.3 is 0 Å². The summed E-state index contributed by atoms with van der Waals surface area (Å²) in [7, 11) is 2.04. The van der Waals surface area contributed by atoms with Crippen molar-refractivity contribution in [2.24, 2.45) is 12.0 Å². The Morgan fingerprint density at radius 2 is 2.38 bits per heavy atom. The maximum Gasteiger partial charge on any atom is 0.193 e. The molecule has 1 aliphatic rings. The summed E-state index contributed by atoms with van der Waals surface area (Å²) in [5, 5.41) is 7.71. The van der Waals surface area contributed by atoms with Crippen LogP contribution in [-0.2, 0) is 13.6 Å². The van der Waals surface area contributed by atoms with Gasteiger partial charge in [-0.3, -0.25) is 4.99 Å². The molecule has 0 aliphatic carbocycles. The first kappa shape index (κ1) is 12.5. The smallest absolute Gasteiger partial charge is 0.193 e. The number of aryl methyl sites for hydroxylation is 1. The summed E-state index contributed by atoms with van der Waals surface area (Å²) in [6.45, 7) is 2.56. The third kappa shape index (κ3) is 2.31. The van der Waals surface area contributed by atoms with Gasteiger partial charge in [-0.15, -0.1) is 11.3 Å². The van der Waals surface area contributed by atoms with Crippen LogP contribution in [0.25, 0.3) is 10.9 Å². The lowest BCUT2D eigenvalue weighted by molar-refractivity contribution is -0.670. The molecule has 4 heterocycles. The van der Waals surface area contributed by atoms with Gasteiger partial charge in [0.2, 0.25) is 0 Å². The predicted molar refractivity (Wildman–Crippen MR) is 83.7 cm³/mol. The highest BCUT2D eigenvalue weighted by molar-refractivity contribution is 7.09. The van der Waals surface area contributed by atoms with Gasteiger partial charge in [-0.2, -0.15) is 0 Å². The summed E-state index contributed by atoms with van der Waals surface area (Å²) < 4.78 is 4.31. The number of pyridine rings is 1. The first-order valence-electron chi connectivity index (χ1n) is 6.97. The molecule has 3 aromatic rings. The maximum atomic E-state index is 4.69. The summed E-state index contributed by atoms with van der Waals surface area (Å²) in [5.74, 6) is 0.932. The molecule has 21 heavy (non-hydrogen) atoms. The second-order valence-electron chi connectivity index (χ2n) is 5.18. The normalized spacial score (nSPS) is 14.4. The van der Waals surface area contributed by atoms with E-state index in [0.29, 0.717) is 0 Å². The average Bonchev–Trinajstić information content (AvgIpc) is 3.20. The van der Waals surface area contributed by atoms with Gasteiger partial charge in [0.05, 0.1) is 13.1 Å². The Morgan fingerprint density at radius 3 is 3.24 bits per heavy atom. The molecule has 0 saturated carbocycles. The lowest BCUT2D eigenvalue weighted by atomic mass is 10.3. The van der Waals surface area contributed by atoms with Crippen LogP contribution < -0.4 is 9.88 Å². The summed E-state index contributed by atoms with van der Waals surface area (Å²) in [4.78, 5) is 9.11. The summed E-state index contributed by atoms with van der Waals surface area (Å²) >= 11 is 1.69. The SMILES string of the molecule is C[n+]1ccc2ccn(Cc3nc(C4=NCCN4)cs3)c2c1. The van der Waals surface area contributed by atoms with E-state index in [4.69, 9.17) is 4.98 Å². The molecule has 0 aromatic carbocycles. The molecular formula is C15H16N5S+. The lowest BCUT2D eigenvalue weighted by Gasteiger charge is -2.01. The minimum absolute atomic E-state index is 0.797. The summed E-state index contributed by atoms with van der Waals surface area (Å²) in [6.07, 6.45) is 6.33. The Hall–Kier alpha value is -2.21. The van der Waals surface area contributed by atoms with Crippen molar-refractivity contribution in [3.8, 4) is 0 Å². The van der Waals surface area contributed by atoms with Gasteiger partial charge in [0, 0.05) is 29.6 Å². The van der Waals surface area contributed by atoms with Gasteiger partial charge in [-0.25, -0.2) is 9.55 Å². The Balaban J connectivity index is 1.64. The maximum absolute atomic E-state index is 4.69. The molecule has 5 nitrogen and oxygen atoms in total. The third-order valence-corrected chi connectivity index (χ3v) is 4.46. The number of hydrogen-bond acceptors (Lipinski definition) is 4. The van der Waals surface area contributed by atoms with Crippen molar-refractivity contribution in [3.05, 3.63) is 46.8 Å². The van der Waals surface area contributed by atoms with E-state index in [1.54, 1.807) is 11.3 Å². The van der Waals surface area contributed by atoms with Gasteiger partial charge in [0.1, 0.15) is 29.1 Å². The number of nitrogens with zero attached hydrogens (tertiary/aromatic N) is 4. The number of rotatable bonds is 3. The van der Waals surface area contributed by atoms with Gasteiger partial charge in [0.25, 0.3) is 0 Å². The molecule has 0 spiro atoms. The largest absolute Gasteiger partial charge is 0.367 e. The van der Waals surface area contributed by atoms with Crippen molar-refractivity contribution >= 4 is 28.1 Å². The van der Waals surface area contributed by atoms with E-state index in [-0.39, 0.29) is 0 Å². The molecule has 0 saturated heterocycles. The minimum Gasteiger partial charge on any atom is -0.367 e. The van der Waals surface area contributed by atoms with E-state index in [2.05, 4.69) is 55.5 Å². The zero-order valence-electron chi connectivity index (χ0n) is 11.8. The Kier molecular flexibility index (Phi) is 2.96. The number of nitrogens with one attached hydrogen (secondary N) is 1. The van der Waals surface area contributed by atoms with Gasteiger partial charge < -0.3 is 9.88 Å². The van der Waals surface area contributed by atoms with E-state index in [1.807, 2.05) is 7.05 Å². The molecule has 0 unspecified atom stereocenters. The van der Waals surface area contributed by atoms with E-state index >= 15 is 0 Å². The van der Waals surface area contributed by atoms with Crippen LogP contribution >= 0.6 is 11.3 Å². The Labute approximate surface area is 126 Å². The van der Waals surface area contributed by atoms with E-state index in [9.17, 15) is 0 Å². The van der Waals surface area contributed by atoms with Crippen molar-refractivity contribution in [1.82, 2.24) is 14.9 Å². The Bertz CT molecular complexity index is 830. The van der Waals surface area contributed by atoms with Crippen LogP contribution in [0.2, 0.25) is 0 Å². The van der Waals surface area contributed by atoms with Crippen LogP contribution in [0.5, 0.6) is 0 Å². The number of aliphatic imine (C=N–C) groups is 1. The molecule has 4 rings (SSSR count). The van der Waals surface area contributed by atoms with Crippen LogP contribution in [0.4, 0.5) is 0 Å². The first-order valence-corrected chi connectivity index (χ1v) is 7.85. The van der Waals surface area contributed by atoms with Crippen molar-refractivity contribution in [2.75, 3.05) is 13.1 Å². The molecule has 106 valence electrons. The predicted octanol–water partition coefficient (Wildman–Crippen LogP) is 1.32. The number of thiazole rings is 1. The fourth-order valence-electron chi connectivity index (χ4n) is 2.57.